The SMILES string of the molecule is CN=C(NCCCOCc1ccco1)NC1CCN(c2cc(Cl)ccc2OC)C1.I. The molecule has 2 N–H and O–H groups in total. The Balaban J connectivity index is 0.00000320. The van der Waals surface area contributed by atoms with Crippen LogP contribution < -0.4 is 20.3 Å². The van der Waals surface area contributed by atoms with Crippen LogP contribution in [0.5, 0.6) is 5.75 Å². The lowest BCUT2D eigenvalue weighted by Crippen LogP contribution is -2.45. The average molecular weight is 549 g/mol. The monoisotopic (exact) mass is 548 g/mol. The number of hydrogen-bond acceptors (Lipinski definition) is 5. The van der Waals surface area contributed by atoms with Crippen molar-refractivity contribution < 1.29 is 13.9 Å². The summed E-state index contributed by atoms with van der Waals surface area (Å²) in [4.78, 5) is 6.62. The first-order valence-corrected chi connectivity index (χ1v) is 10.2. The summed E-state index contributed by atoms with van der Waals surface area (Å²) in [7, 11) is 3.47. The summed E-state index contributed by atoms with van der Waals surface area (Å²) in [5.74, 6) is 2.49. The molecule has 3 rings (SSSR count). The number of nitrogens with one attached hydrogen (secondary N) is 2. The summed E-state index contributed by atoms with van der Waals surface area (Å²) in [6, 6.07) is 9.79. The minimum Gasteiger partial charge on any atom is -0.495 e. The number of methoxy groups -OCH3 is 1. The van der Waals surface area contributed by atoms with E-state index >= 15 is 0 Å². The van der Waals surface area contributed by atoms with Gasteiger partial charge in [0.2, 0.25) is 0 Å². The minimum absolute atomic E-state index is 0. The first kappa shape index (κ1) is 24.6. The van der Waals surface area contributed by atoms with Crippen LogP contribution in [-0.2, 0) is 11.3 Å². The zero-order chi connectivity index (χ0) is 20.5. The van der Waals surface area contributed by atoms with Crippen LogP contribution in [-0.4, -0.2) is 52.4 Å². The normalized spacial score (nSPS) is 16.3. The highest BCUT2D eigenvalue weighted by Crippen LogP contribution is 2.33. The maximum Gasteiger partial charge on any atom is 0.191 e. The molecule has 1 aromatic carbocycles. The molecule has 2 aromatic rings. The van der Waals surface area contributed by atoms with E-state index in [0.717, 1.165) is 55.6 Å². The lowest BCUT2D eigenvalue weighted by atomic mass is 10.2. The molecule has 1 aromatic heterocycles. The topological polar surface area (TPSA) is 71.3 Å². The average Bonchev–Trinajstić information content (AvgIpc) is 3.41. The first-order valence-electron chi connectivity index (χ1n) is 9.85. The molecule has 166 valence electrons. The van der Waals surface area contributed by atoms with Gasteiger partial charge < -0.3 is 29.4 Å². The van der Waals surface area contributed by atoms with Crippen LogP contribution in [0.4, 0.5) is 5.69 Å². The molecule has 0 amide bonds. The van der Waals surface area contributed by atoms with Crippen molar-refractivity contribution >= 4 is 47.2 Å². The van der Waals surface area contributed by atoms with Gasteiger partial charge in [-0.1, -0.05) is 11.6 Å². The molecular formula is C21H30ClIN4O3. The number of anilines is 1. The Bertz CT molecular complexity index is 789. The maximum absolute atomic E-state index is 6.18. The predicted octanol–water partition coefficient (Wildman–Crippen LogP) is 3.91. The number of benzene rings is 1. The molecule has 1 aliphatic rings. The summed E-state index contributed by atoms with van der Waals surface area (Å²) in [5.41, 5.74) is 1.03. The molecule has 1 saturated heterocycles. The number of guanidine groups is 1. The number of furan rings is 1. The fraction of sp³-hybridized carbons (Fsp3) is 0.476. The van der Waals surface area contributed by atoms with Gasteiger partial charge in [0, 0.05) is 44.4 Å². The van der Waals surface area contributed by atoms with E-state index in [0.29, 0.717) is 24.3 Å². The number of halogens is 2. The number of rotatable bonds is 9. The van der Waals surface area contributed by atoms with E-state index in [2.05, 4.69) is 20.5 Å². The van der Waals surface area contributed by atoms with Gasteiger partial charge in [-0.2, -0.15) is 0 Å². The molecule has 1 atom stereocenters. The quantitative estimate of drug-likeness (QED) is 0.214. The number of hydrogen-bond donors (Lipinski definition) is 2. The van der Waals surface area contributed by atoms with E-state index in [1.165, 1.54) is 0 Å². The number of ether oxygens (including phenoxy) is 2. The molecule has 0 aliphatic carbocycles. The van der Waals surface area contributed by atoms with E-state index in [4.69, 9.17) is 25.5 Å². The van der Waals surface area contributed by atoms with Gasteiger partial charge in [-0.25, -0.2) is 0 Å². The Hall–Kier alpha value is -1.65. The smallest absolute Gasteiger partial charge is 0.191 e. The van der Waals surface area contributed by atoms with E-state index in [1.54, 1.807) is 20.4 Å². The third-order valence-electron chi connectivity index (χ3n) is 4.82. The number of aliphatic imine (C=N–C) groups is 1. The maximum atomic E-state index is 6.18. The van der Waals surface area contributed by atoms with E-state index in [9.17, 15) is 0 Å². The predicted molar refractivity (Wildman–Crippen MR) is 132 cm³/mol. The van der Waals surface area contributed by atoms with Crippen molar-refractivity contribution in [2.24, 2.45) is 4.99 Å². The zero-order valence-corrected chi connectivity index (χ0v) is 20.5. The summed E-state index contributed by atoms with van der Waals surface area (Å²) in [5, 5.41) is 7.56. The Labute approximate surface area is 200 Å². The van der Waals surface area contributed by atoms with Crippen molar-refractivity contribution in [3.63, 3.8) is 0 Å². The van der Waals surface area contributed by atoms with Gasteiger partial charge in [-0.3, -0.25) is 4.99 Å². The van der Waals surface area contributed by atoms with E-state index < -0.39 is 0 Å². The third-order valence-corrected chi connectivity index (χ3v) is 5.05. The van der Waals surface area contributed by atoms with Crippen LogP contribution >= 0.6 is 35.6 Å². The Morgan fingerprint density at radius 1 is 1.37 bits per heavy atom. The van der Waals surface area contributed by atoms with Crippen LogP contribution in [0, 0.1) is 0 Å². The summed E-state index contributed by atoms with van der Waals surface area (Å²) >= 11 is 6.18. The van der Waals surface area contributed by atoms with E-state index in [-0.39, 0.29) is 24.0 Å². The Morgan fingerprint density at radius 2 is 2.23 bits per heavy atom. The molecule has 1 fully saturated rings. The molecule has 9 heteroatoms. The molecule has 1 unspecified atom stereocenters. The van der Waals surface area contributed by atoms with E-state index in [1.807, 2.05) is 30.3 Å². The van der Waals surface area contributed by atoms with Crippen LogP contribution in [0.25, 0.3) is 0 Å². The van der Waals surface area contributed by atoms with Gasteiger partial charge in [0.25, 0.3) is 0 Å². The lowest BCUT2D eigenvalue weighted by Gasteiger charge is -2.22. The van der Waals surface area contributed by atoms with Gasteiger partial charge >= 0.3 is 0 Å². The Morgan fingerprint density at radius 3 is 2.97 bits per heavy atom. The van der Waals surface area contributed by atoms with Crippen molar-refractivity contribution in [1.29, 1.82) is 0 Å². The molecule has 0 spiro atoms. The van der Waals surface area contributed by atoms with Crippen molar-refractivity contribution in [2.45, 2.75) is 25.5 Å². The molecule has 0 radical (unpaired) electrons. The number of nitrogens with zero attached hydrogens (tertiary/aromatic N) is 2. The summed E-state index contributed by atoms with van der Waals surface area (Å²) in [6.07, 6.45) is 3.56. The zero-order valence-electron chi connectivity index (χ0n) is 17.4. The fourth-order valence-corrected chi connectivity index (χ4v) is 3.51. The first-order chi connectivity index (χ1) is 14.2. The molecule has 2 heterocycles. The van der Waals surface area contributed by atoms with Gasteiger partial charge in [-0.05, 0) is 43.2 Å². The molecule has 30 heavy (non-hydrogen) atoms. The van der Waals surface area contributed by atoms with Crippen LogP contribution in [0.3, 0.4) is 0 Å². The fourth-order valence-electron chi connectivity index (χ4n) is 3.34. The van der Waals surface area contributed by atoms with Crippen LogP contribution in [0.2, 0.25) is 5.02 Å². The van der Waals surface area contributed by atoms with Crippen molar-refractivity contribution in [3.8, 4) is 5.75 Å². The third kappa shape index (κ3) is 7.24. The molecule has 0 bridgehead atoms. The van der Waals surface area contributed by atoms with Crippen LogP contribution in [0.15, 0.2) is 46.0 Å². The van der Waals surface area contributed by atoms with Crippen molar-refractivity contribution in [1.82, 2.24) is 10.6 Å². The molecule has 7 nitrogen and oxygen atoms in total. The summed E-state index contributed by atoms with van der Waals surface area (Å²) < 4.78 is 16.3. The Kier molecular flexibility index (Phi) is 10.6. The minimum atomic E-state index is 0. The lowest BCUT2D eigenvalue weighted by molar-refractivity contribution is 0.105. The molecular weight excluding hydrogens is 519 g/mol. The van der Waals surface area contributed by atoms with Gasteiger partial charge in [-0.15, -0.1) is 24.0 Å². The second kappa shape index (κ2) is 12.9. The highest BCUT2D eigenvalue weighted by atomic mass is 127. The summed E-state index contributed by atoms with van der Waals surface area (Å²) in [6.45, 7) is 3.76. The second-order valence-electron chi connectivity index (χ2n) is 6.88. The molecule has 1 aliphatic heterocycles. The van der Waals surface area contributed by atoms with Crippen molar-refractivity contribution in [3.05, 3.63) is 47.4 Å². The van der Waals surface area contributed by atoms with Gasteiger partial charge in [0.15, 0.2) is 5.96 Å². The standard InChI is InChI=1S/C21H29ClN4O3.HI/c1-23-21(24-9-4-11-28-15-18-5-3-12-29-18)25-17-8-10-26(14-17)19-13-16(22)6-7-20(19)27-2;/h3,5-7,12-13,17H,4,8-11,14-15H2,1-2H3,(H2,23,24,25);1H. The van der Waals surface area contributed by atoms with Crippen molar-refractivity contribution in [2.75, 3.05) is 45.3 Å². The van der Waals surface area contributed by atoms with Gasteiger partial charge in [0.1, 0.15) is 18.1 Å². The molecule has 0 saturated carbocycles. The largest absolute Gasteiger partial charge is 0.495 e. The van der Waals surface area contributed by atoms with Gasteiger partial charge in [0.05, 0.1) is 19.1 Å². The van der Waals surface area contributed by atoms with Crippen LogP contribution in [0.1, 0.15) is 18.6 Å². The highest BCUT2D eigenvalue weighted by Gasteiger charge is 2.25. The highest BCUT2D eigenvalue weighted by molar-refractivity contribution is 14.0. The second-order valence-corrected chi connectivity index (χ2v) is 7.31.